The van der Waals surface area contributed by atoms with Gasteiger partial charge in [-0.25, -0.2) is 0 Å². The summed E-state index contributed by atoms with van der Waals surface area (Å²) in [5.41, 5.74) is 0.861. The summed E-state index contributed by atoms with van der Waals surface area (Å²) >= 11 is 0. The molecule has 2 rings (SSSR count). The van der Waals surface area contributed by atoms with Crippen molar-refractivity contribution in [1.82, 2.24) is 0 Å². The van der Waals surface area contributed by atoms with Gasteiger partial charge in [0.25, 0.3) is 0 Å². The van der Waals surface area contributed by atoms with Crippen LogP contribution in [0.4, 0.5) is 0 Å². The second-order valence-corrected chi connectivity index (χ2v) is 6.92. The molecule has 0 bridgehead atoms. The van der Waals surface area contributed by atoms with Crippen LogP contribution in [0.3, 0.4) is 0 Å². The Labute approximate surface area is 174 Å². The molecule has 5 atom stereocenters. The van der Waals surface area contributed by atoms with Gasteiger partial charge in [-0.05, 0) is 12.0 Å². The lowest BCUT2D eigenvalue weighted by Crippen LogP contribution is -2.60. The molecule has 0 unspecified atom stereocenters. The van der Waals surface area contributed by atoms with E-state index < -0.39 is 54.2 Å². The van der Waals surface area contributed by atoms with Gasteiger partial charge in [-0.1, -0.05) is 30.3 Å². The van der Waals surface area contributed by atoms with Crippen molar-refractivity contribution in [2.45, 2.75) is 58.2 Å². The molecule has 164 valence electrons. The van der Waals surface area contributed by atoms with Gasteiger partial charge in [-0.3, -0.25) is 19.2 Å². The van der Waals surface area contributed by atoms with Crippen LogP contribution in [0.5, 0.6) is 0 Å². The maximum Gasteiger partial charge on any atom is 0.312 e. The van der Waals surface area contributed by atoms with Crippen molar-refractivity contribution in [2.75, 3.05) is 7.11 Å². The zero-order valence-corrected chi connectivity index (χ0v) is 17.4. The molecular formula is C21H26O9. The van der Waals surface area contributed by atoms with Crippen LogP contribution in [0.25, 0.3) is 0 Å². The van der Waals surface area contributed by atoms with Gasteiger partial charge in [0.1, 0.15) is 5.92 Å². The molecule has 9 nitrogen and oxygen atoms in total. The van der Waals surface area contributed by atoms with Gasteiger partial charge in [-0.15, -0.1) is 0 Å². The van der Waals surface area contributed by atoms with Crippen LogP contribution < -0.4 is 0 Å². The first-order valence-electron chi connectivity index (χ1n) is 9.48. The van der Waals surface area contributed by atoms with E-state index in [0.717, 1.165) is 19.4 Å². The molecule has 1 fully saturated rings. The summed E-state index contributed by atoms with van der Waals surface area (Å²) in [5.74, 6) is -3.65. The Morgan fingerprint density at radius 1 is 0.833 bits per heavy atom. The van der Waals surface area contributed by atoms with Crippen molar-refractivity contribution >= 4 is 23.9 Å². The van der Waals surface area contributed by atoms with Crippen LogP contribution in [-0.2, 0) is 49.5 Å². The molecule has 0 N–H and O–H groups in total. The number of ether oxygens (including phenoxy) is 5. The summed E-state index contributed by atoms with van der Waals surface area (Å²) in [6, 6.07) is 9.26. The number of hydrogen-bond acceptors (Lipinski definition) is 9. The summed E-state index contributed by atoms with van der Waals surface area (Å²) in [7, 11) is 1.20. The highest BCUT2D eigenvalue weighted by atomic mass is 16.6. The molecule has 0 spiro atoms. The lowest BCUT2D eigenvalue weighted by atomic mass is 9.80. The molecule has 1 aliphatic rings. The Hall–Kier alpha value is -2.94. The number of esters is 4. The molecule has 30 heavy (non-hydrogen) atoms. The summed E-state index contributed by atoms with van der Waals surface area (Å²) < 4.78 is 26.8. The van der Waals surface area contributed by atoms with Gasteiger partial charge in [0.15, 0.2) is 18.3 Å². The Morgan fingerprint density at radius 2 is 1.37 bits per heavy atom. The van der Waals surface area contributed by atoms with Crippen molar-refractivity contribution in [3.8, 4) is 0 Å². The van der Waals surface area contributed by atoms with Gasteiger partial charge in [0.2, 0.25) is 0 Å². The molecule has 0 amide bonds. The maximum atomic E-state index is 12.4. The Morgan fingerprint density at radius 3 is 1.90 bits per heavy atom. The first-order valence-corrected chi connectivity index (χ1v) is 9.48. The van der Waals surface area contributed by atoms with Crippen molar-refractivity contribution in [2.24, 2.45) is 5.92 Å². The summed E-state index contributed by atoms with van der Waals surface area (Å²) in [6.07, 6.45) is -4.30. The molecule has 0 aliphatic heterocycles. The topological polar surface area (TPSA) is 114 Å². The average molecular weight is 422 g/mol. The summed E-state index contributed by atoms with van der Waals surface area (Å²) in [5, 5.41) is 0. The van der Waals surface area contributed by atoms with E-state index in [9.17, 15) is 19.2 Å². The standard InChI is InChI=1S/C21H26O9/c1-12(22)28-18-16(21(25)26-4)10-17(27-11-15-8-6-5-7-9-15)19(29-13(2)23)20(18)30-14(3)24/h5-9,16-20H,10-11H2,1-4H3/t16-,17-,18+,19+,20-/m0/s1. The molecule has 1 aromatic carbocycles. The van der Waals surface area contributed by atoms with E-state index in [1.165, 1.54) is 14.0 Å². The number of rotatable bonds is 7. The zero-order valence-electron chi connectivity index (χ0n) is 17.4. The van der Waals surface area contributed by atoms with Gasteiger partial charge < -0.3 is 23.7 Å². The summed E-state index contributed by atoms with van der Waals surface area (Å²) in [6.45, 7) is 3.70. The molecule has 1 aliphatic carbocycles. The largest absolute Gasteiger partial charge is 0.469 e. The van der Waals surface area contributed by atoms with E-state index in [4.69, 9.17) is 23.7 Å². The lowest BCUT2D eigenvalue weighted by molar-refractivity contribution is -0.222. The number of hydrogen-bond donors (Lipinski definition) is 0. The Kier molecular flexibility index (Phi) is 8.35. The van der Waals surface area contributed by atoms with Crippen LogP contribution in [0, 0.1) is 5.92 Å². The van der Waals surface area contributed by atoms with E-state index >= 15 is 0 Å². The highest BCUT2D eigenvalue weighted by Crippen LogP contribution is 2.35. The first kappa shape index (κ1) is 23.3. The van der Waals surface area contributed by atoms with Gasteiger partial charge in [0, 0.05) is 20.8 Å². The molecule has 0 aromatic heterocycles. The van der Waals surface area contributed by atoms with Crippen molar-refractivity contribution in [3.63, 3.8) is 0 Å². The van der Waals surface area contributed by atoms with Crippen molar-refractivity contribution < 1.29 is 42.9 Å². The van der Waals surface area contributed by atoms with E-state index in [1.807, 2.05) is 30.3 Å². The van der Waals surface area contributed by atoms with Gasteiger partial charge >= 0.3 is 23.9 Å². The number of carbonyl (C=O) groups excluding carboxylic acids is 4. The van der Waals surface area contributed by atoms with Crippen molar-refractivity contribution in [1.29, 1.82) is 0 Å². The number of methoxy groups -OCH3 is 1. The highest BCUT2D eigenvalue weighted by Gasteiger charge is 2.54. The second kappa shape index (κ2) is 10.7. The van der Waals surface area contributed by atoms with Crippen LogP contribution in [0.15, 0.2) is 30.3 Å². The minimum absolute atomic E-state index is 0.0349. The SMILES string of the molecule is COC(=O)[C@H]1C[C@H](OCc2ccccc2)[C@@H](OC(C)=O)[C@@H](OC(C)=O)[C@@H]1OC(C)=O. The predicted octanol–water partition coefficient (Wildman–Crippen LogP) is 1.56. The molecule has 0 heterocycles. The quantitative estimate of drug-likeness (QED) is 0.477. The first-order chi connectivity index (χ1) is 14.2. The lowest BCUT2D eigenvalue weighted by Gasteiger charge is -2.43. The van der Waals surface area contributed by atoms with Crippen LogP contribution in [0.1, 0.15) is 32.8 Å². The van der Waals surface area contributed by atoms with Crippen LogP contribution >= 0.6 is 0 Å². The fraction of sp³-hybridized carbons (Fsp3) is 0.524. The maximum absolute atomic E-state index is 12.4. The normalized spacial score (nSPS) is 25.7. The second-order valence-electron chi connectivity index (χ2n) is 6.92. The fourth-order valence-corrected chi connectivity index (χ4v) is 3.47. The smallest absolute Gasteiger partial charge is 0.312 e. The molecule has 1 aromatic rings. The minimum Gasteiger partial charge on any atom is -0.469 e. The third-order valence-electron chi connectivity index (χ3n) is 4.61. The van der Waals surface area contributed by atoms with E-state index in [1.54, 1.807) is 0 Å². The van der Waals surface area contributed by atoms with Crippen molar-refractivity contribution in [3.05, 3.63) is 35.9 Å². The molecule has 9 heteroatoms. The van der Waals surface area contributed by atoms with E-state index in [-0.39, 0.29) is 13.0 Å². The number of carbonyl (C=O) groups is 4. The molecule has 1 saturated carbocycles. The zero-order chi connectivity index (χ0) is 22.3. The van der Waals surface area contributed by atoms with Gasteiger partial charge in [0.05, 0.1) is 19.8 Å². The Balaban J connectivity index is 2.39. The van der Waals surface area contributed by atoms with Crippen LogP contribution in [0.2, 0.25) is 0 Å². The Bertz CT molecular complexity index is 761. The van der Waals surface area contributed by atoms with Crippen LogP contribution in [-0.4, -0.2) is 55.4 Å². The molecule has 0 saturated heterocycles. The average Bonchev–Trinajstić information content (AvgIpc) is 2.68. The predicted molar refractivity (Wildman–Crippen MR) is 102 cm³/mol. The van der Waals surface area contributed by atoms with E-state index in [0.29, 0.717) is 0 Å². The minimum atomic E-state index is -1.24. The third-order valence-corrected chi connectivity index (χ3v) is 4.61. The highest BCUT2D eigenvalue weighted by molar-refractivity contribution is 5.75. The monoisotopic (exact) mass is 422 g/mol. The molecule has 0 radical (unpaired) electrons. The summed E-state index contributed by atoms with van der Waals surface area (Å²) in [4.78, 5) is 47.6. The number of benzene rings is 1. The fourth-order valence-electron chi connectivity index (χ4n) is 3.47. The third kappa shape index (κ3) is 6.28. The van der Waals surface area contributed by atoms with Gasteiger partial charge in [-0.2, -0.15) is 0 Å². The molecular weight excluding hydrogens is 396 g/mol. The van der Waals surface area contributed by atoms with E-state index in [2.05, 4.69) is 0 Å².